The molecule has 2 aliphatic rings. The molecule has 5 nitrogen and oxygen atoms in total. The van der Waals surface area contributed by atoms with Crippen LogP contribution >= 0.6 is 0 Å². The highest BCUT2D eigenvalue weighted by Crippen LogP contribution is 2.32. The van der Waals surface area contributed by atoms with E-state index in [0.29, 0.717) is 17.2 Å². The quantitative estimate of drug-likeness (QED) is 0.737. The lowest BCUT2D eigenvalue weighted by atomic mass is 10.1. The highest BCUT2D eigenvalue weighted by Gasteiger charge is 2.37. The lowest BCUT2D eigenvalue weighted by Gasteiger charge is -2.22. The molecule has 1 N–H and O–H groups in total. The summed E-state index contributed by atoms with van der Waals surface area (Å²) in [6.07, 6.45) is 3.77. The van der Waals surface area contributed by atoms with E-state index in [0.717, 1.165) is 31.2 Å². The van der Waals surface area contributed by atoms with Gasteiger partial charge in [-0.25, -0.2) is 12.8 Å². The van der Waals surface area contributed by atoms with E-state index in [1.807, 2.05) is 12.1 Å². The van der Waals surface area contributed by atoms with Gasteiger partial charge in [-0.15, -0.1) is 0 Å². The largest absolute Gasteiger partial charge is 0.349 e. The number of amides is 1. The Hall–Kier alpha value is -2.25. The number of sulfonamides is 1. The van der Waals surface area contributed by atoms with Crippen molar-refractivity contribution in [2.45, 2.75) is 50.1 Å². The number of carbonyl (C=O) groups excluding carboxylic acids is 1. The fourth-order valence-corrected chi connectivity index (χ4v) is 4.92. The molecule has 0 radical (unpaired) electrons. The minimum absolute atomic E-state index is 0.0169. The maximum absolute atomic E-state index is 13.1. The number of hydrogen-bond acceptors (Lipinski definition) is 3. The molecule has 0 saturated heterocycles. The van der Waals surface area contributed by atoms with E-state index in [1.54, 1.807) is 12.1 Å². The molecule has 0 bridgehead atoms. The van der Waals surface area contributed by atoms with Crippen LogP contribution in [0.15, 0.2) is 48.5 Å². The molecule has 4 rings (SSSR count). The molecule has 0 unspecified atom stereocenters. The lowest BCUT2D eigenvalue weighted by Crippen LogP contribution is -2.33. The van der Waals surface area contributed by atoms with Crippen LogP contribution < -0.4 is 5.32 Å². The first-order valence-corrected chi connectivity index (χ1v) is 11.2. The van der Waals surface area contributed by atoms with Crippen LogP contribution in [0.1, 0.15) is 47.2 Å². The van der Waals surface area contributed by atoms with Crippen molar-refractivity contribution in [3.05, 3.63) is 71.0 Å². The Balaban J connectivity index is 1.45. The molecule has 0 aliphatic heterocycles. The standard InChI is InChI=1S/C21H23FN2O3S/c22-18-7-3-16(4-8-18)14-28(26,27)24(20-11-12-20)13-15-1-5-17(6-2-15)21(25)23-19-9-10-19/h1-8,19-20H,9-14H2,(H,23,25). The van der Waals surface area contributed by atoms with E-state index in [9.17, 15) is 17.6 Å². The second kappa shape index (κ2) is 7.64. The molecular weight excluding hydrogens is 379 g/mol. The molecule has 148 valence electrons. The molecule has 2 aromatic carbocycles. The zero-order chi connectivity index (χ0) is 19.7. The molecule has 0 atom stereocenters. The van der Waals surface area contributed by atoms with Crippen LogP contribution in [0.4, 0.5) is 4.39 Å². The SMILES string of the molecule is O=C(NC1CC1)c1ccc(CN(C2CC2)S(=O)(=O)Cc2ccc(F)cc2)cc1. The van der Waals surface area contributed by atoms with Gasteiger partial charge in [0, 0.05) is 24.2 Å². The van der Waals surface area contributed by atoms with E-state index in [1.165, 1.54) is 28.6 Å². The van der Waals surface area contributed by atoms with Gasteiger partial charge in [-0.2, -0.15) is 4.31 Å². The van der Waals surface area contributed by atoms with Crippen molar-refractivity contribution < 1.29 is 17.6 Å². The summed E-state index contributed by atoms with van der Waals surface area (Å²) < 4.78 is 40.5. The fourth-order valence-electron chi connectivity index (χ4n) is 3.13. The Morgan fingerprint density at radius 3 is 2.14 bits per heavy atom. The van der Waals surface area contributed by atoms with Gasteiger partial charge in [0.25, 0.3) is 5.91 Å². The Morgan fingerprint density at radius 2 is 1.57 bits per heavy atom. The van der Waals surface area contributed by atoms with Gasteiger partial charge in [0.1, 0.15) is 5.82 Å². The Morgan fingerprint density at radius 1 is 0.964 bits per heavy atom. The average molecular weight is 402 g/mol. The summed E-state index contributed by atoms with van der Waals surface area (Å²) in [5, 5.41) is 2.94. The first kappa shape index (κ1) is 19.1. The second-order valence-corrected chi connectivity index (χ2v) is 9.53. The summed E-state index contributed by atoms with van der Waals surface area (Å²) in [7, 11) is -3.53. The molecule has 2 aromatic rings. The average Bonchev–Trinajstić information content (AvgIpc) is 3.57. The number of hydrogen-bond donors (Lipinski definition) is 1. The number of nitrogens with one attached hydrogen (secondary N) is 1. The predicted molar refractivity (Wildman–Crippen MR) is 105 cm³/mol. The van der Waals surface area contributed by atoms with Crippen LogP contribution in [0.25, 0.3) is 0 Å². The molecule has 1 amide bonds. The number of nitrogens with zero attached hydrogens (tertiary/aromatic N) is 1. The third kappa shape index (κ3) is 4.77. The predicted octanol–water partition coefficient (Wildman–Crippen LogP) is 3.21. The number of halogens is 1. The van der Waals surface area contributed by atoms with Gasteiger partial charge in [-0.3, -0.25) is 4.79 Å². The second-order valence-electron chi connectivity index (χ2n) is 7.60. The first-order valence-electron chi connectivity index (χ1n) is 9.54. The van der Waals surface area contributed by atoms with E-state index < -0.39 is 10.0 Å². The van der Waals surface area contributed by atoms with Crippen LogP contribution in [-0.4, -0.2) is 30.7 Å². The monoisotopic (exact) mass is 402 g/mol. The Labute approximate surface area is 164 Å². The van der Waals surface area contributed by atoms with Crippen molar-refractivity contribution in [2.75, 3.05) is 0 Å². The van der Waals surface area contributed by atoms with Gasteiger partial charge in [0.15, 0.2) is 0 Å². The van der Waals surface area contributed by atoms with Crippen molar-refractivity contribution in [1.82, 2.24) is 9.62 Å². The summed E-state index contributed by atoms with van der Waals surface area (Å²) >= 11 is 0. The zero-order valence-corrected chi connectivity index (χ0v) is 16.3. The normalized spacial score (nSPS) is 16.9. The fraction of sp³-hybridized carbons (Fsp3) is 0.381. The van der Waals surface area contributed by atoms with Crippen molar-refractivity contribution in [3.63, 3.8) is 0 Å². The van der Waals surface area contributed by atoms with Gasteiger partial charge in [-0.05, 0) is 61.1 Å². The molecule has 2 aliphatic carbocycles. The highest BCUT2D eigenvalue weighted by molar-refractivity contribution is 7.88. The number of benzene rings is 2. The molecule has 0 aromatic heterocycles. The summed E-state index contributed by atoms with van der Waals surface area (Å²) in [5.74, 6) is -0.617. The molecular formula is C21H23FN2O3S. The summed E-state index contributed by atoms with van der Waals surface area (Å²) in [6, 6.07) is 13.0. The van der Waals surface area contributed by atoms with E-state index in [4.69, 9.17) is 0 Å². The minimum atomic E-state index is -3.53. The van der Waals surface area contributed by atoms with Crippen molar-refractivity contribution in [2.24, 2.45) is 0 Å². The zero-order valence-electron chi connectivity index (χ0n) is 15.5. The summed E-state index contributed by atoms with van der Waals surface area (Å²) in [4.78, 5) is 12.1. The van der Waals surface area contributed by atoms with Crippen molar-refractivity contribution in [3.8, 4) is 0 Å². The number of rotatable bonds is 8. The minimum Gasteiger partial charge on any atom is -0.349 e. The molecule has 2 saturated carbocycles. The van der Waals surface area contributed by atoms with Crippen LogP contribution in [0, 0.1) is 5.82 Å². The maximum atomic E-state index is 13.1. The van der Waals surface area contributed by atoms with Gasteiger partial charge in [-0.1, -0.05) is 24.3 Å². The third-order valence-electron chi connectivity index (χ3n) is 5.04. The number of carbonyl (C=O) groups is 1. The van der Waals surface area contributed by atoms with Gasteiger partial charge >= 0.3 is 0 Å². The topological polar surface area (TPSA) is 66.5 Å². The Bertz CT molecular complexity index is 950. The van der Waals surface area contributed by atoms with E-state index in [2.05, 4.69) is 5.32 Å². The lowest BCUT2D eigenvalue weighted by molar-refractivity contribution is 0.0951. The molecule has 0 heterocycles. The van der Waals surface area contributed by atoms with Crippen LogP contribution in [0.3, 0.4) is 0 Å². The van der Waals surface area contributed by atoms with E-state index >= 15 is 0 Å². The molecule has 7 heteroatoms. The molecule has 2 fully saturated rings. The smallest absolute Gasteiger partial charge is 0.251 e. The van der Waals surface area contributed by atoms with Gasteiger partial charge in [0.05, 0.1) is 5.75 Å². The van der Waals surface area contributed by atoms with Gasteiger partial charge < -0.3 is 5.32 Å². The van der Waals surface area contributed by atoms with Crippen molar-refractivity contribution >= 4 is 15.9 Å². The first-order chi connectivity index (χ1) is 13.4. The van der Waals surface area contributed by atoms with Crippen LogP contribution in [0.5, 0.6) is 0 Å². The van der Waals surface area contributed by atoms with Gasteiger partial charge in [0.2, 0.25) is 10.0 Å². The summed E-state index contributed by atoms with van der Waals surface area (Å²) in [5.41, 5.74) is 2.00. The molecule has 0 spiro atoms. The van der Waals surface area contributed by atoms with E-state index in [-0.39, 0.29) is 30.1 Å². The third-order valence-corrected chi connectivity index (χ3v) is 6.88. The van der Waals surface area contributed by atoms with Crippen molar-refractivity contribution in [1.29, 1.82) is 0 Å². The molecule has 28 heavy (non-hydrogen) atoms. The summed E-state index contributed by atoms with van der Waals surface area (Å²) in [6.45, 7) is 0.277. The van der Waals surface area contributed by atoms with Crippen LogP contribution in [-0.2, 0) is 22.3 Å². The highest BCUT2D eigenvalue weighted by atomic mass is 32.2. The Kier molecular flexibility index (Phi) is 5.21. The van der Waals surface area contributed by atoms with Crippen LogP contribution in [0.2, 0.25) is 0 Å². The maximum Gasteiger partial charge on any atom is 0.251 e.